The number of rotatable bonds is 5. The molecule has 2 heterocycles. The van der Waals surface area contributed by atoms with Gasteiger partial charge in [-0.05, 0) is 67.1 Å². The Balaban J connectivity index is 1.83. The topological polar surface area (TPSA) is 64.9 Å². The Hall–Kier alpha value is -3.87. The third-order valence-electron chi connectivity index (χ3n) is 4.78. The Morgan fingerprint density at radius 3 is 2.43 bits per heavy atom. The van der Waals surface area contributed by atoms with Crippen LogP contribution in [0.1, 0.15) is 15.9 Å². The summed E-state index contributed by atoms with van der Waals surface area (Å²) in [7, 11) is 3.13. The van der Waals surface area contributed by atoms with Crippen LogP contribution in [0.4, 0.5) is 10.2 Å². The molecule has 4 rings (SSSR count). The lowest BCUT2D eigenvalue weighted by Crippen LogP contribution is -2.14. The van der Waals surface area contributed by atoms with Gasteiger partial charge < -0.3 is 14.8 Å². The number of amides is 1. The van der Waals surface area contributed by atoms with Crippen molar-refractivity contribution in [2.24, 2.45) is 0 Å². The van der Waals surface area contributed by atoms with Gasteiger partial charge in [0.25, 0.3) is 5.91 Å². The highest BCUT2D eigenvalue weighted by molar-refractivity contribution is 6.05. The number of anilines is 1. The molecule has 0 atom stereocenters. The van der Waals surface area contributed by atoms with Crippen molar-refractivity contribution >= 4 is 17.4 Å². The molecule has 152 valence electrons. The molecule has 6 nitrogen and oxygen atoms in total. The van der Waals surface area contributed by atoms with E-state index in [4.69, 9.17) is 14.5 Å². The first-order chi connectivity index (χ1) is 14.5. The lowest BCUT2D eigenvalue weighted by atomic mass is 10.1. The van der Waals surface area contributed by atoms with E-state index in [1.54, 1.807) is 30.8 Å². The average Bonchev–Trinajstić information content (AvgIpc) is 3.10. The zero-order valence-corrected chi connectivity index (χ0v) is 16.8. The molecule has 0 bridgehead atoms. The summed E-state index contributed by atoms with van der Waals surface area (Å²) in [6.07, 6.45) is 1.85. The first-order valence-corrected chi connectivity index (χ1v) is 9.28. The number of fused-ring (bicyclic) bond motifs is 1. The number of hydrogen-bond acceptors (Lipinski definition) is 4. The van der Waals surface area contributed by atoms with Crippen LogP contribution in [-0.4, -0.2) is 29.5 Å². The van der Waals surface area contributed by atoms with E-state index in [-0.39, 0.29) is 5.91 Å². The van der Waals surface area contributed by atoms with E-state index in [0.717, 1.165) is 11.1 Å². The second-order valence-electron chi connectivity index (χ2n) is 6.77. The predicted octanol–water partition coefficient (Wildman–Crippen LogP) is 4.72. The van der Waals surface area contributed by atoms with E-state index in [1.165, 1.54) is 24.3 Å². The van der Waals surface area contributed by atoms with Crippen molar-refractivity contribution in [1.82, 2.24) is 9.38 Å². The van der Waals surface area contributed by atoms with Crippen LogP contribution in [0.25, 0.3) is 16.9 Å². The summed E-state index contributed by atoms with van der Waals surface area (Å²) in [5, 5.41) is 2.92. The zero-order chi connectivity index (χ0) is 21.3. The molecule has 0 unspecified atom stereocenters. The lowest BCUT2D eigenvalue weighted by molar-refractivity contribution is 0.102. The minimum atomic E-state index is -0.400. The number of pyridine rings is 1. The first kappa shape index (κ1) is 19.4. The second kappa shape index (κ2) is 7.87. The summed E-state index contributed by atoms with van der Waals surface area (Å²) < 4.78 is 25.8. The normalized spacial score (nSPS) is 10.8. The third kappa shape index (κ3) is 3.57. The van der Waals surface area contributed by atoms with Crippen LogP contribution in [0.15, 0.2) is 60.8 Å². The Morgan fingerprint density at radius 2 is 1.73 bits per heavy atom. The number of aromatic nitrogens is 2. The quantitative estimate of drug-likeness (QED) is 0.522. The second-order valence-corrected chi connectivity index (χ2v) is 6.77. The van der Waals surface area contributed by atoms with Crippen LogP contribution < -0.4 is 14.8 Å². The smallest absolute Gasteiger partial charge is 0.256 e. The van der Waals surface area contributed by atoms with Crippen LogP contribution in [0.3, 0.4) is 0 Å². The van der Waals surface area contributed by atoms with Crippen LogP contribution in [0, 0.1) is 12.7 Å². The highest BCUT2D eigenvalue weighted by Gasteiger charge is 2.19. The number of hydrogen-bond donors (Lipinski definition) is 1. The molecule has 0 saturated carbocycles. The van der Waals surface area contributed by atoms with Crippen LogP contribution in [-0.2, 0) is 0 Å². The number of imidazole rings is 1. The SMILES string of the molecule is COc1ccc(-c2nc3cc(C)ccn3c2NC(=O)c2ccc(F)cc2)cc1OC. The van der Waals surface area contributed by atoms with Gasteiger partial charge in [0.05, 0.1) is 14.2 Å². The Morgan fingerprint density at radius 1 is 1.00 bits per heavy atom. The van der Waals surface area contributed by atoms with Gasteiger partial charge in [-0.25, -0.2) is 9.37 Å². The van der Waals surface area contributed by atoms with Gasteiger partial charge in [0.2, 0.25) is 0 Å². The van der Waals surface area contributed by atoms with E-state index in [1.807, 2.05) is 31.3 Å². The number of nitrogens with one attached hydrogen (secondary N) is 1. The van der Waals surface area contributed by atoms with Gasteiger partial charge in [0, 0.05) is 17.3 Å². The fraction of sp³-hybridized carbons (Fsp3) is 0.130. The van der Waals surface area contributed by atoms with E-state index in [9.17, 15) is 9.18 Å². The van der Waals surface area contributed by atoms with Gasteiger partial charge in [-0.15, -0.1) is 0 Å². The largest absolute Gasteiger partial charge is 0.493 e. The number of nitrogens with zero attached hydrogens (tertiary/aromatic N) is 2. The minimum Gasteiger partial charge on any atom is -0.493 e. The predicted molar refractivity (Wildman–Crippen MR) is 113 cm³/mol. The van der Waals surface area contributed by atoms with Crippen molar-refractivity contribution in [3.05, 3.63) is 77.7 Å². The summed E-state index contributed by atoms with van der Waals surface area (Å²) in [5.41, 5.74) is 3.41. The number of aryl methyl sites for hydroxylation is 1. The summed E-state index contributed by atoms with van der Waals surface area (Å²) in [5.74, 6) is 0.894. The van der Waals surface area contributed by atoms with Crippen LogP contribution in [0.2, 0.25) is 0 Å². The molecule has 1 N–H and O–H groups in total. The van der Waals surface area contributed by atoms with E-state index >= 15 is 0 Å². The summed E-state index contributed by atoms with van der Waals surface area (Å²) >= 11 is 0. The molecule has 0 saturated heterocycles. The summed E-state index contributed by atoms with van der Waals surface area (Å²) in [6, 6.07) is 14.7. The highest BCUT2D eigenvalue weighted by Crippen LogP contribution is 2.35. The monoisotopic (exact) mass is 405 g/mol. The molecular weight excluding hydrogens is 385 g/mol. The number of methoxy groups -OCH3 is 2. The molecule has 2 aromatic carbocycles. The Labute approximate surface area is 172 Å². The fourth-order valence-electron chi connectivity index (χ4n) is 3.23. The Kier molecular flexibility index (Phi) is 5.10. The highest BCUT2D eigenvalue weighted by atomic mass is 19.1. The van der Waals surface area contributed by atoms with Crippen LogP contribution in [0.5, 0.6) is 11.5 Å². The van der Waals surface area contributed by atoms with Crippen molar-refractivity contribution in [3.8, 4) is 22.8 Å². The maximum absolute atomic E-state index is 13.2. The summed E-state index contributed by atoms with van der Waals surface area (Å²) in [6.45, 7) is 1.97. The first-order valence-electron chi connectivity index (χ1n) is 9.28. The van der Waals surface area contributed by atoms with Gasteiger partial charge in [-0.3, -0.25) is 9.20 Å². The Bertz CT molecular complexity index is 1230. The van der Waals surface area contributed by atoms with Crippen molar-refractivity contribution in [3.63, 3.8) is 0 Å². The molecule has 0 fully saturated rings. The number of benzene rings is 2. The molecule has 7 heteroatoms. The lowest BCUT2D eigenvalue weighted by Gasteiger charge is -2.11. The maximum atomic E-state index is 13.2. The van der Waals surface area contributed by atoms with Crippen molar-refractivity contribution in [1.29, 1.82) is 0 Å². The maximum Gasteiger partial charge on any atom is 0.256 e. The number of carbonyl (C=O) groups is 1. The van der Waals surface area contributed by atoms with Gasteiger partial charge in [-0.1, -0.05) is 0 Å². The fourth-order valence-corrected chi connectivity index (χ4v) is 3.23. The third-order valence-corrected chi connectivity index (χ3v) is 4.78. The molecule has 0 aliphatic rings. The van der Waals surface area contributed by atoms with Crippen molar-refractivity contribution in [2.45, 2.75) is 6.92 Å². The number of halogens is 1. The van der Waals surface area contributed by atoms with Gasteiger partial charge in [-0.2, -0.15) is 0 Å². The van der Waals surface area contributed by atoms with Crippen LogP contribution >= 0.6 is 0 Å². The van der Waals surface area contributed by atoms with Gasteiger partial charge in [0.15, 0.2) is 11.5 Å². The molecule has 4 aromatic rings. The minimum absolute atomic E-state index is 0.344. The molecule has 1 amide bonds. The van der Waals surface area contributed by atoms with E-state index < -0.39 is 5.82 Å². The molecule has 0 spiro atoms. The molecule has 0 aliphatic heterocycles. The molecule has 30 heavy (non-hydrogen) atoms. The molecule has 0 radical (unpaired) electrons. The van der Waals surface area contributed by atoms with E-state index in [2.05, 4.69) is 5.32 Å². The van der Waals surface area contributed by atoms with Crippen molar-refractivity contribution in [2.75, 3.05) is 19.5 Å². The van der Waals surface area contributed by atoms with Crippen molar-refractivity contribution < 1.29 is 18.7 Å². The number of ether oxygens (including phenoxy) is 2. The van der Waals surface area contributed by atoms with Gasteiger partial charge in [0.1, 0.15) is 23.0 Å². The molecule has 0 aliphatic carbocycles. The standard InChI is InChI=1S/C23H20FN3O3/c1-14-10-11-27-20(12-14)25-21(16-6-9-18(29-2)19(13-16)30-3)22(27)26-23(28)15-4-7-17(24)8-5-15/h4-13H,1-3H3,(H,26,28). The molecule has 2 aromatic heterocycles. The molecular formula is C23H20FN3O3. The average molecular weight is 405 g/mol. The van der Waals surface area contributed by atoms with Gasteiger partial charge >= 0.3 is 0 Å². The zero-order valence-electron chi connectivity index (χ0n) is 16.8. The van der Waals surface area contributed by atoms with E-state index in [0.29, 0.717) is 34.2 Å². The number of carbonyl (C=O) groups excluding carboxylic acids is 1. The summed E-state index contributed by atoms with van der Waals surface area (Å²) in [4.78, 5) is 17.5.